The van der Waals surface area contributed by atoms with E-state index in [0.29, 0.717) is 56.6 Å². The fraction of sp³-hybridized carbons (Fsp3) is 0.562. The van der Waals surface area contributed by atoms with Crippen LogP contribution in [0.4, 0.5) is 10.5 Å². The summed E-state index contributed by atoms with van der Waals surface area (Å²) in [6.07, 6.45) is 0. The molecular weight excluding hydrogens is 360 g/mol. The molecule has 0 atom stereocenters. The van der Waals surface area contributed by atoms with Crippen molar-refractivity contribution in [1.29, 1.82) is 0 Å². The molecule has 9 nitrogen and oxygen atoms in total. The first kappa shape index (κ1) is 17.4. The molecule has 0 saturated carbocycles. The van der Waals surface area contributed by atoms with Crippen molar-refractivity contribution in [2.24, 2.45) is 0 Å². The summed E-state index contributed by atoms with van der Waals surface area (Å²) < 4.78 is 37.8. The molecule has 26 heavy (non-hydrogen) atoms. The van der Waals surface area contributed by atoms with Crippen LogP contribution < -0.4 is 20.1 Å². The lowest BCUT2D eigenvalue weighted by atomic mass is 10.2. The number of para-hydroxylation sites is 1. The Bertz CT molecular complexity index is 788. The van der Waals surface area contributed by atoms with Crippen LogP contribution in [0.5, 0.6) is 11.5 Å². The molecule has 2 saturated heterocycles. The molecule has 0 spiro atoms. The highest BCUT2D eigenvalue weighted by atomic mass is 32.2. The zero-order valence-electron chi connectivity index (χ0n) is 14.3. The Kier molecular flexibility index (Phi) is 4.63. The van der Waals surface area contributed by atoms with E-state index >= 15 is 0 Å². The SMILES string of the molecule is O=C(Nc1cccc2c1OCCO2)N1CC(S(=O)(=O)N2CCNCC2)C1. The van der Waals surface area contributed by atoms with E-state index in [-0.39, 0.29) is 19.1 Å². The third kappa shape index (κ3) is 3.19. The Morgan fingerprint density at radius 2 is 1.88 bits per heavy atom. The smallest absolute Gasteiger partial charge is 0.322 e. The number of hydrogen-bond donors (Lipinski definition) is 2. The number of sulfonamides is 1. The molecule has 3 aliphatic rings. The van der Waals surface area contributed by atoms with Gasteiger partial charge in [-0.3, -0.25) is 0 Å². The number of carbonyl (C=O) groups is 1. The fourth-order valence-electron chi connectivity index (χ4n) is 3.27. The standard InChI is InChI=1S/C16H22N4O5S/c21-16(18-13-2-1-3-14-15(13)25-9-8-24-14)19-10-12(11-19)26(22,23)20-6-4-17-5-7-20/h1-3,12,17H,4-11H2,(H,18,21). The first-order chi connectivity index (χ1) is 12.6. The van der Waals surface area contributed by atoms with E-state index in [1.54, 1.807) is 18.2 Å². The Morgan fingerprint density at radius 1 is 1.15 bits per heavy atom. The number of carbonyl (C=O) groups excluding carboxylic acids is 1. The topological polar surface area (TPSA) is 100 Å². The summed E-state index contributed by atoms with van der Waals surface area (Å²) in [5.74, 6) is 1.11. The molecule has 4 rings (SSSR count). The lowest BCUT2D eigenvalue weighted by molar-refractivity contribution is 0.171. The van der Waals surface area contributed by atoms with Gasteiger partial charge in [-0.2, -0.15) is 4.31 Å². The molecule has 0 bridgehead atoms. The molecular formula is C16H22N4O5S. The third-order valence-corrected chi connectivity index (χ3v) is 7.03. The molecule has 3 heterocycles. The maximum atomic E-state index is 12.6. The van der Waals surface area contributed by atoms with Gasteiger partial charge in [-0.05, 0) is 12.1 Å². The molecule has 142 valence electrons. The normalized spacial score (nSPS) is 21.2. The number of nitrogens with zero attached hydrogens (tertiary/aromatic N) is 2. The van der Waals surface area contributed by atoms with Gasteiger partial charge in [-0.15, -0.1) is 0 Å². The van der Waals surface area contributed by atoms with Crippen molar-refractivity contribution < 1.29 is 22.7 Å². The predicted octanol–water partition coefficient (Wildman–Crippen LogP) is -0.0911. The number of nitrogens with one attached hydrogen (secondary N) is 2. The lowest BCUT2D eigenvalue weighted by Gasteiger charge is -2.41. The lowest BCUT2D eigenvalue weighted by Crippen LogP contribution is -2.62. The van der Waals surface area contributed by atoms with Crippen molar-refractivity contribution in [1.82, 2.24) is 14.5 Å². The highest BCUT2D eigenvalue weighted by molar-refractivity contribution is 7.89. The van der Waals surface area contributed by atoms with Crippen molar-refractivity contribution in [3.05, 3.63) is 18.2 Å². The van der Waals surface area contributed by atoms with Crippen molar-refractivity contribution in [3.63, 3.8) is 0 Å². The molecule has 3 aliphatic heterocycles. The maximum absolute atomic E-state index is 12.6. The first-order valence-corrected chi connectivity index (χ1v) is 10.2. The first-order valence-electron chi connectivity index (χ1n) is 8.70. The molecule has 0 radical (unpaired) electrons. The number of likely N-dealkylation sites (tertiary alicyclic amines) is 1. The summed E-state index contributed by atoms with van der Waals surface area (Å²) in [6, 6.07) is 4.96. The van der Waals surface area contributed by atoms with Gasteiger partial charge in [0, 0.05) is 39.3 Å². The summed E-state index contributed by atoms with van der Waals surface area (Å²) in [5.41, 5.74) is 0.528. The molecule has 2 N–H and O–H groups in total. The monoisotopic (exact) mass is 382 g/mol. The van der Waals surface area contributed by atoms with Gasteiger partial charge >= 0.3 is 6.03 Å². The average molecular weight is 382 g/mol. The van der Waals surface area contributed by atoms with E-state index in [0.717, 1.165) is 0 Å². The van der Waals surface area contributed by atoms with Gasteiger partial charge in [0.25, 0.3) is 0 Å². The number of anilines is 1. The molecule has 1 aromatic carbocycles. The van der Waals surface area contributed by atoms with Gasteiger partial charge in [0.2, 0.25) is 10.0 Å². The summed E-state index contributed by atoms with van der Waals surface area (Å²) in [6.45, 7) is 3.59. The van der Waals surface area contributed by atoms with Gasteiger partial charge in [0.05, 0.1) is 5.69 Å². The molecule has 10 heteroatoms. The average Bonchev–Trinajstić information content (AvgIpc) is 2.61. The molecule has 1 aromatic rings. The number of rotatable bonds is 3. The second-order valence-corrected chi connectivity index (χ2v) is 8.69. The van der Waals surface area contributed by atoms with Gasteiger partial charge in [0.15, 0.2) is 11.5 Å². The van der Waals surface area contributed by atoms with Crippen LogP contribution in [0, 0.1) is 0 Å². The van der Waals surface area contributed by atoms with Crippen molar-refractivity contribution in [3.8, 4) is 11.5 Å². The Hall–Kier alpha value is -2.04. The van der Waals surface area contributed by atoms with Crippen molar-refractivity contribution >= 4 is 21.7 Å². The van der Waals surface area contributed by atoms with E-state index in [9.17, 15) is 13.2 Å². The largest absolute Gasteiger partial charge is 0.486 e. The number of fused-ring (bicyclic) bond motifs is 1. The van der Waals surface area contributed by atoms with Crippen molar-refractivity contribution in [2.75, 3.05) is 57.8 Å². The highest BCUT2D eigenvalue weighted by Gasteiger charge is 2.43. The van der Waals surface area contributed by atoms with Crippen LogP contribution in [-0.2, 0) is 10.0 Å². The highest BCUT2D eigenvalue weighted by Crippen LogP contribution is 2.37. The number of urea groups is 1. The molecule has 0 aromatic heterocycles. The van der Waals surface area contributed by atoms with Crippen LogP contribution in [0.25, 0.3) is 0 Å². The number of amides is 2. The number of hydrogen-bond acceptors (Lipinski definition) is 6. The summed E-state index contributed by atoms with van der Waals surface area (Å²) in [7, 11) is -3.35. The van der Waals surface area contributed by atoms with Crippen LogP contribution in [0.2, 0.25) is 0 Å². The van der Waals surface area contributed by atoms with E-state index < -0.39 is 15.3 Å². The van der Waals surface area contributed by atoms with Gasteiger partial charge in [-0.25, -0.2) is 13.2 Å². The fourth-order valence-corrected chi connectivity index (χ4v) is 5.12. The van der Waals surface area contributed by atoms with Crippen LogP contribution in [0.15, 0.2) is 18.2 Å². The summed E-state index contributed by atoms with van der Waals surface area (Å²) in [5, 5.41) is 5.39. The van der Waals surface area contributed by atoms with Crippen LogP contribution in [-0.4, -0.2) is 81.4 Å². The Morgan fingerprint density at radius 3 is 2.65 bits per heavy atom. The minimum atomic E-state index is -3.35. The van der Waals surface area contributed by atoms with E-state index in [1.165, 1.54) is 9.21 Å². The summed E-state index contributed by atoms with van der Waals surface area (Å²) in [4.78, 5) is 13.9. The zero-order chi connectivity index (χ0) is 18.1. The second kappa shape index (κ2) is 6.93. The molecule has 0 unspecified atom stereocenters. The third-order valence-electron chi connectivity index (χ3n) is 4.80. The van der Waals surface area contributed by atoms with E-state index in [4.69, 9.17) is 9.47 Å². The molecule has 2 fully saturated rings. The molecule has 0 aliphatic carbocycles. The van der Waals surface area contributed by atoms with E-state index in [2.05, 4.69) is 10.6 Å². The Balaban J connectivity index is 1.37. The maximum Gasteiger partial charge on any atom is 0.322 e. The molecule has 2 amide bonds. The number of benzene rings is 1. The number of ether oxygens (including phenoxy) is 2. The van der Waals surface area contributed by atoms with E-state index in [1.807, 2.05) is 0 Å². The van der Waals surface area contributed by atoms with Crippen LogP contribution >= 0.6 is 0 Å². The van der Waals surface area contributed by atoms with Gasteiger partial charge in [-0.1, -0.05) is 6.07 Å². The minimum Gasteiger partial charge on any atom is -0.486 e. The summed E-state index contributed by atoms with van der Waals surface area (Å²) >= 11 is 0. The van der Waals surface area contributed by atoms with Crippen LogP contribution in [0.1, 0.15) is 0 Å². The van der Waals surface area contributed by atoms with Crippen molar-refractivity contribution in [2.45, 2.75) is 5.25 Å². The zero-order valence-corrected chi connectivity index (χ0v) is 15.1. The second-order valence-electron chi connectivity index (χ2n) is 6.48. The van der Waals surface area contributed by atoms with Gasteiger partial charge < -0.3 is 25.0 Å². The van der Waals surface area contributed by atoms with Gasteiger partial charge in [0.1, 0.15) is 18.5 Å². The predicted molar refractivity (Wildman–Crippen MR) is 95.2 cm³/mol. The quantitative estimate of drug-likeness (QED) is 0.758. The number of piperazine rings is 1. The Labute approximate surface area is 152 Å². The van der Waals surface area contributed by atoms with Crippen LogP contribution in [0.3, 0.4) is 0 Å². The minimum absolute atomic E-state index is 0.199.